The Balaban J connectivity index is 0.00000171. The van der Waals surface area contributed by atoms with Crippen LogP contribution in [0.5, 0.6) is 0 Å². The van der Waals surface area contributed by atoms with Gasteiger partial charge in [-0.2, -0.15) is 5.26 Å². The molecule has 4 aromatic carbocycles. The molecule has 0 radical (unpaired) electrons. The van der Waals surface area contributed by atoms with E-state index in [0.29, 0.717) is 5.57 Å². The quantitative estimate of drug-likeness (QED) is 0.263. The predicted molar refractivity (Wildman–Crippen MR) is 142 cm³/mol. The number of aromatic nitrogens is 2. The second-order valence-corrected chi connectivity index (χ2v) is 7.70. The van der Waals surface area contributed by atoms with Crippen LogP contribution in [0, 0.1) is 11.3 Å². The fourth-order valence-electron chi connectivity index (χ4n) is 3.83. The van der Waals surface area contributed by atoms with Crippen molar-refractivity contribution in [1.29, 1.82) is 5.26 Å². The van der Waals surface area contributed by atoms with Crippen molar-refractivity contribution in [3.8, 4) is 40.0 Å². The molecule has 0 bridgehead atoms. The van der Waals surface area contributed by atoms with Crippen LogP contribution in [0.1, 0.15) is 11.1 Å². The molecule has 0 aliphatic heterocycles. The van der Waals surface area contributed by atoms with E-state index in [-0.39, 0.29) is 11.0 Å². The van der Waals surface area contributed by atoms with Crippen LogP contribution in [0.4, 0.5) is 0 Å². The predicted octanol–water partition coefficient (Wildman–Crippen LogP) is 5.83. The third-order valence-corrected chi connectivity index (χ3v) is 5.51. The first-order valence-electron chi connectivity index (χ1n) is 10.8. The molecule has 5 rings (SSSR count). The lowest BCUT2D eigenvalue weighted by Crippen LogP contribution is -1.84. The van der Waals surface area contributed by atoms with Crippen LogP contribution in [0.3, 0.4) is 0 Å². The summed E-state index contributed by atoms with van der Waals surface area (Å²) in [4.78, 5) is 8.49. The third kappa shape index (κ3) is 5.43. The summed E-state index contributed by atoms with van der Waals surface area (Å²) in [6.45, 7) is 0. The van der Waals surface area contributed by atoms with Gasteiger partial charge in [-0.05, 0) is 17.2 Å². The Morgan fingerprint density at radius 1 is 0.657 bits per heavy atom. The van der Waals surface area contributed by atoms with Crippen LogP contribution in [0.15, 0.2) is 115 Å². The summed E-state index contributed by atoms with van der Waals surface area (Å²) in [7, 11) is 0. The number of nitriles is 1. The van der Waals surface area contributed by atoms with Crippen LogP contribution in [0.25, 0.3) is 45.6 Å². The van der Waals surface area contributed by atoms with E-state index in [2.05, 4.69) is 35.3 Å². The monoisotopic (exact) mass is 459 g/mol. The fourth-order valence-corrected chi connectivity index (χ4v) is 3.83. The van der Waals surface area contributed by atoms with Gasteiger partial charge in [-0.25, -0.2) is 4.98 Å². The topological polar surface area (TPSA) is 115 Å². The summed E-state index contributed by atoms with van der Waals surface area (Å²) in [5, 5.41) is 9.59. The van der Waals surface area contributed by atoms with Crippen molar-refractivity contribution < 1.29 is 11.0 Å². The Bertz CT molecular complexity index is 1380. The largest absolute Gasteiger partial charge is 0.412 e. The van der Waals surface area contributed by atoms with Gasteiger partial charge in [-0.3, -0.25) is 0 Å². The number of imidazole rings is 1. The molecule has 0 fully saturated rings. The SMILES string of the molecule is N#C/C(=C\c1ccc(-c2nc(-c3ccccc3)c(-c3ccccc3)[nH]2)cc1)c1ccccc1.O.O. The summed E-state index contributed by atoms with van der Waals surface area (Å²) in [6, 6.07) is 40.6. The summed E-state index contributed by atoms with van der Waals surface area (Å²) < 4.78 is 0. The minimum Gasteiger partial charge on any atom is -0.412 e. The van der Waals surface area contributed by atoms with Crippen molar-refractivity contribution in [2.75, 3.05) is 0 Å². The number of rotatable bonds is 5. The molecule has 1 aromatic heterocycles. The van der Waals surface area contributed by atoms with E-state index < -0.39 is 0 Å². The highest BCUT2D eigenvalue weighted by Crippen LogP contribution is 2.33. The molecule has 35 heavy (non-hydrogen) atoms. The van der Waals surface area contributed by atoms with Crippen molar-refractivity contribution in [2.24, 2.45) is 0 Å². The molecule has 5 nitrogen and oxygen atoms in total. The highest BCUT2D eigenvalue weighted by molar-refractivity contribution is 5.90. The van der Waals surface area contributed by atoms with E-state index in [0.717, 1.165) is 45.0 Å². The van der Waals surface area contributed by atoms with Crippen LogP contribution in [-0.2, 0) is 0 Å². The Labute approximate surface area is 204 Å². The Morgan fingerprint density at radius 2 is 1.20 bits per heavy atom. The van der Waals surface area contributed by atoms with Gasteiger partial charge in [0.25, 0.3) is 0 Å². The molecule has 0 atom stereocenters. The maximum atomic E-state index is 9.59. The average Bonchev–Trinajstić information content (AvgIpc) is 3.35. The Morgan fingerprint density at radius 3 is 1.77 bits per heavy atom. The molecule has 0 amide bonds. The summed E-state index contributed by atoms with van der Waals surface area (Å²) >= 11 is 0. The number of nitrogens with zero attached hydrogens (tertiary/aromatic N) is 2. The lowest BCUT2D eigenvalue weighted by atomic mass is 10.0. The average molecular weight is 460 g/mol. The minimum atomic E-state index is 0. The van der Waals surface area contributed by atoms with Gasteiger partial charge in [0.2, 0.25) is 0 Å². The van der Waals surface area contributed by atoms with E-state index in [4.69, 9.17) is 4.98 Å². The Hall–Kier alpha value is -4.76. The normalized spacial score (nSPS) is 10.5. The standard InChI is InChI=1S/C30H21N3.2H2O/c31-21-27(23-10-4-1-5-11-23)20-22-16-18-26(19-17-22)30-32-28(24-12-6-2-7-13-24)29(33-30)25-14-8-3-9-15-25;;/h1-20H,(H,32,33);2*1H2/b27-20+;;. The zero-order valence-electron chi connectivity index (χ0n) is 18.9. The third-order valence-electron chi connectivity index (χ3n) is 5.51. The minimum absolute atomic E-state index is 0. The van der Waals surface area contributed by atoms with Crippen molar-refractivity contribution in [3.05, 3.63) is 126 Å². The molecular weight excluding hydrogens is 434 g/mol. The molecule has 0 saturated heterocycles. The molecule has 1 heterocycles. The molecule has 0 spiro atoms. The Kier molecular flexibility index (Phi) is 8.10. The number of aromatic amines is 1. The maximum Gasteiger partial charge on any atom is 0.138 e. The van der Waals surface area contributed by atoms with Crippen LogP contribution < -0.4 is 0 Å². The molecule has 0 saturated carbocycles. The summed E-state index contributed by atoms with van der Waals surface area (Å²) in [6.07, 6.45) is 1.91. The zero-order chi connectivity index (χ0) is 22.5. The van der Waals surface area contributed by atoms with Crippen LogP contribution >= 0.6 is 0 Å². The van der Waals surface area contributed by atoms with Crippen molar-refractivity contribution in [1.82, 2.24) is 9.97 Å². The van der Waals surface area contributed by atoms with E-state index in [9.17, 15) is 5.26 Å². The van der Waals surface area contributed by atoms with Crippen molar-refractivity contribution >= 4 is 11.6 Å². The van der Waals surface area contributed by atoms with Gasteiger partial charge in [0.05, 0.1) is 23.0 Å². The number of benzene rings is 4. The van der Waals surface area contributed by atoms with Crippen LogP contribution in [-0.4, -0.2) is 20.9 Å². The van der Waals surface area contributed by atoms with E-state index in [1.54, 1.807) is 0 Å². The summed E-state index contributed by atoms with van der Waals surface area (Å²) in [5.41, 5.74) is 7.60. The molecule has 172 valence electrons. The summed E-state index contributed by atoms with van der Waals surface area (Å²) in [5.74, 6) is 0.812. The van der Waals surface area contributed by atoms with Crippen molar-refractivity contribution in [2.45, 2.75) is 0 Å². The second-order valence-electron chi connectivity index (χ2n) is 7.70. The number of H-pyrrole nitrogens is 1. The van der Waals surface area contributed by atoms with E-state index in [1.165, 1.54) is 0 Å². The smallest absolute Gasteiger partial charge is 0.138 e. The number of hydrogen-bond acceptors (Lipinski definition) is 2. The van der Waals surface area contributed by atoms with Crippen molar-refractivity contribution in [3.63, 3.8) is 0 Å². The molecule has 0 aliphatic carbocycles. The molecule has 5 N–H and O–H groups in total. The molecule has 5 aromatic rings. The first-order chi connectivity index (χ1) is 16.3. The first kappa shape index (κ1) is 24.9. The molecule has 0 unspecified atom stereocenters. The van der Waals surface area contributed by atoms with Gasteiger partial charge in [0.15, 0.2) is 0 Å². The van der Waals surface area contributed by atoms with Gasteiger partial charge in [-0.15, -0.1) is 0 Å². The first-order valence-corrected chi connectivity index (χ1v) is 10.8. The van der Waals surface area contributed by atoms with Gasteiger partial charge in [0, 0.05) is 16.7 Å². The maximum absolute atomic E-state index is 9.59. The number of hydrogen-bond donors (Lipinski definition) is 1. The molecule has 0 aliphatic rings. The van der Waals surface area contributed by atoms with E-state index in [1.807, 2.05) is 97.1 Å². The van der Waals surface area contributed by atoms with Gasteiger partial charge < -0.3 is 15.9 Å². The van der Waals surface area contributed by atoms with Crippen LogP contribution in [0.2, 0.25) is 0 Å². The number of allylic oxidation sites excluding steroid dienone is 1. The van der Waals surface area contributed by atoms with E-state index >= 15 is 0 Å². The number of nitrogens with one attached hydrogen (secondary N) is 1. The lowest BCUT2D eigenvalue weighted by molar-refractivity contribution is 0.823. The van der Waals surface area contributed by atoms with Gasteiger partial charge in [0.1, 0.15) is 5.82 Å². The van der Waals surface area contributed by atoms with Gasteiger partial charge in [-0.1, -0.05) is 115 Å². The second kappa shape index (κ2) is 11.4. The molecule has 5 heteroatoms. The highest BCUT2D eigenvalue weighted by atomic mass is 16.0. The van der Waals surface area contributed by atoms with Gasteiger partial charge >= 0.3 is 0 Å². The molecular formula is C30H25N3O2. The zero-order valence-corrected chi connectivity index (χ0v) is 18.9. The lowest BCUT2D eigenvalue weighted by Gasteiger charge is -2.02. The fraction of sp³-hybridized carbons (Fsp3) is 0. The highest BCUT2D eigenvalue weighted by Gasteiger charge is 2.15.